The second-order valence-electron chi connectivity index (χ2n) is 5.43. The van der Waals surface area contributed by atoms with Gasteiger partial charge in [-0.3, -0.25) is 4.79 Å². The van der Waals surface area contributed by atoms with Crippen LogP contribution in [0.5, 0.6) is 0 Å². The highest BCUT2D eigenvalue weighted by atomic mass is 32.2. The van der Waals surface area contributed by atoms with E-state index in [0.717, 1.165) is 17.8 Å². The molecule has 0 saturated heterocycles. The zero-order valence-electron chi connectivity index (χ0n) is 11.5. The molecular weight excluding hydrogens is 296 g/mol. The van der Waals surface area contributed by atoms with Crippen molar-refractivity contribution < 1.29 is 13.2 Å². The smallest absolute Gasteiger partial charge is 0.252 e. The van der Waals surface area contributed by atoms with Crippen LogP contribution in [0.3, 0.4) is 0 Å². The maximum absolute atomic E-state index is 12.0. The molecule has 2 atom stereocenters. The first-order chi connectivity index (χ1) is 9.38. The van der Waals surface area contributed by atoms with Gasteiger partial charge in [-0.1, -0.05) is 26.2 Å². The van der Waals surface area contributed by atoms with Crippen LogP contribution >= 0.6 is 11.3 Å². The molecule has 1 heterocycles. The third-order valence-electron chi connectivity index (χ3n) is 3.93. The first kappa shape index (κ1) is 15.5. The summed E-state index contributed by atoms with van der Waals surface area (Å²) >= 11 is 0.973. The van der Waals surface area contributed by atoms with Gasteiger partial charge in [0, 0.05) is 11.9 Å². The van der Waals surface area contributed by atoms with E-state index in [2.05, 4.69) is 12.2 Å². The van der Waals surface area contributed by atoms with E-state index in [1.165, 1.54) is 30.7 Å². The lowest BCUT2D eigenvalue weighted by Gasteiger charge is -2.28. The van der Waals surface area contributed by atoms with E-state index in [0.29, 0.717) is 23.9 Å². The lowest BCUT2D eigenvalue weighted by molar-refractivity contribution is 0.0937. The van der Waals surface area contributed by atoms with Crippen molar-refractivity contribution in [3.8, 4) is 0 Å². The number of amides is 1. The van der Waals surface area contributed by atoms with Gasteiger partial charge in [-0.25, -0.2) is 13.6 Å². The summed E-state index contributed by atoms with van der Waals surface area (Å²) in [5, 5.41) is 9.45. The number of carbonyl (C=O) groups excluding carboxylic acids is 1. The van der Waals surface area contributed by atoms with Crippen molar-refractivity contribution in [1.82, 2.24) is 5.32 Å². The van der Waals surface area contributed by atoms with E-state index < -0.39 is 10.0 Å². The number of rotatable bonds is 4. The van der Waals surface area contributed by atoms with Crippen molar-refractivity contribution in [1.29, 1.82) is 0 Å². The Morgan fingerprint density at radius 2 is 2.15 bits per heavy atom. The topological polar surface area (TPSA) is 89.3 Å². The van der Waals surface area contributed by atoms with Gasteiger partial charge in [-0.2, -0.15) is 0 Å². The maximum atomic E-state index is 12.0. The number of nitrogens with one attached hydrogen (secondary N) is 1. The van der Waals surface area contributed by atoms with Crippen LogP contribution in [-0.4, -0.2) is 20.9 Å². The van der Waals surface area contributed by atoms with Crippen LogP contribution < -0.4 is 10.5 Å². The van der Waals surface area contributed by atoms with Crippen LogP contribution in [0.1, 0.15) is 43.0 Å². The van der Waals surface area contributed by atoms with Crippen LogP contribution in [0, 0.1) is 11.8 Å². The fourth-order valence-corrected chi connectivity index (χ4v) is 4.19. The molecule has 0 aromatic carbocycles. The average molecular weight is 316 g/mol. The quantitative estimate of drug-likeness (QED) is 0.889. The van der Waals surface area contributed by atoms with Crippen LogP contribution in [0.4, 0.5) is 0 Å². The SMILES string of the molecule is CC1CCCCC1CNC(=O)c1csc(S(N)(=O)=O)c1. The summed E-state index contributed by atoms with van der Waals surface area (Å²) in [5.74, 6) is 0.921. The van der Waals surface area contributed by atoms with Gasteiger partial charge in [-0.15, -0.1) is 11.3 Å². The molecule has 3 N–H and O–H groups in total. The molecule has 1 aromatic heterocycles. The number of primary sulfonamides is 1. The molecule has 2 rings (SSSR count). The summed E-state index contributed by atoms with van der Waals surface area (Å²) in [7, 11) is -3.72. The minimum atomic E-state index is -3.72. The monoisotopic (exact) mass is 316 g/mol. The molecule has 2 unspecified atom stereocenters. The fraction of sp³-hybridized carbons (Fsp3) is 0.615. The van der Waals surface area contributed by atoms with E-state index in [9.17, 15) is 13.2 Å². The van der Waals surface area contributed by atoms with E-state index in [-0.39, 0.29) is 10.1 Å². The van der Waals surface area contributed by atoms with Gasteiger partial charge in [-0.05, 0) is 24.3 Å². The summed E-state index contributed by atoms with van der Waals surface area (Å²) in [4.78, 5) is 12.0. The van der Waals surface area contributed by atoms with E-state index in [4.69, 9.17) is 5.14 Å². The largest absolute Gasteiger partial charge is 0.352 e. The molecule has 1 saturated carbocycles. The minimum Gasteiger partial charge on any atom is -0.352 e. The second-order valence-corrected chi connectivity index (χ2v) is 8.13. The zero-order chi connectivity index (χ0) is 14.8. The summed E-state index contributed by atoms with van der Waals surface area (Å²) in [6, 6.07) is 1.33. The van der Waals surface area contributed by atoms with Gasteiger partial charge in [0.15, 0.2) is 0 Å². The van der Waals surface area contributed by atoms with E-state index in [1.54, 1.807) is 0 Å². The van der Waals surface area contributed by atoms with Crippen molar-refractivity contribution in [2.75, 3.05) is 6.54 Å². The molecule has 20 heavy (non-hydrogen) atoms. The first-order valence-electron chi connectivity index (χ1n) is 6.77. The number of thiophene rings is 1. The Labute approximate surface area is 123 Å². The molecule has 0 spiro atoms. The Morgan fingerprint density at radius 1 is 1.45 bits per heavy atom. The van der Waals surface area contributed by atoms with Crippen molar-refractivity contribution >= 4 is 27.3 Å². The summed E-state index contributed by atoms with van der Waals surface area (Å²) in [6.45, 7) is 2.88. The lowest BCUT2D eigenvalue weighted by Crippen LogP contribution is -2.33. The molecule has 0 aliphatic heterocycles. The van der Waals surface area contributed by atoms with Gasteiger partial charge >= 0.3 is 0 Å². The predicted molar refractivity (Wildman–Crippen MR) is 79.1 cm³/mol. The molecule has 0 bridgehead atoms. The molecule has 1 aliphatic carbocycles. The average Bonchev–Trinajstić information content (AvgIpc) is 2.87. The van der Waals surface area contributed by atoms with E-state index in [1.807, 2.05) is 0 Å². The highest BCUT2D eigenvalue weighted by Gasteiger charge is 2.22. The fourth-order valence-electron chi connectivity index (χ4n) is 2.61. The second kappa shape index (κ2) is 6.24. The number of sulfonamides is 1. The highest BCUT2D eigenvalue weighted by Crippen LogP contribution is 2.29. The Hall–Kier alpha value is -0.920. The number of carbonyl (C=O) groups is 1. The molecule has 1 amide bonds. The Bertz CT molecular complexity index is 580. The third kappa shape index (κ3) is 3.80. The van der Waals surface area contributed by atoms with Crippen molar-refractivity contribution in [3.05, 3.63) is 17.0 Å². The maximum Gasteiger partial charge on any atom is 0.252 e. The number of hydrogen-bond donors (Lipinski definition) is 2. The molecule has 0 radical (unpaired) electrons. The van der Waals surface area contributed by atoms with Crippen LogP contribution in [-0.2, 0) is 10.0 Å². The van der Waals surface area contributed by atoms with Gasteiger partial charge in [0.25, 0.3) is 5.91 Å². The Balaban J connectivity index is 1.93. The molecule has 1 fully saturated rings. The normalized spacial score (nSPS) is 23.5. The van der Waals surface area contributed by atoms with Gasteiger partial charge in [0.2, 0.25) is 10.0 Å². The Morgan fingerprint density at radius 3 is 2.75 bits per heavy atom. The molecule has 1 aromatic rings. The standard InChI is InChI=1S/C13H20N2O3S2/c1-9-4-2-3-5-10(9)7-15-13(16)11-6-12(19-8-11)20(14,17)18/h6,8-10H,2-5,7H2,1H3,(H,15,16)(H2,14,17,18). The summed E-state index contributed by atoms with van der Waals surface area (Å²) in [6.07, 6.45) is 4.86. The van der Waals surface area contributed by atoms with Crippen molar-refractivity contribution in [2.24, 2.45) is 17.0 Å². The van der Waals surface area contributed by atoms with Gasteiger partial charge in [0.1, 0.15) is 4.21 Å². The van der Waals surface area contributed by atoms with Crippen LogP contribution in [0.2, 0.25) is 0 Å². The zero-order valence-corrected chi connectivity index (χ0v) is 13.1. The summed E-state index contributed by atoms with van der Waals surface area (Å²) < 4.78 is 22.4. The van der Waals surface area contributed by atoms with Gasteiger partial charge < -0.3 is 5.32 Å². The Kier molecular flexibility index (Phi) is 4.82. The minimum absolute atomic E-state index is 0.0219. The van der Waals surface area contributed by atoms with Crippen LogP contribution in [0.25, 0.3) is 0 Å². The molecule has 7 heteroatoms. The number of hydrogen-bond acceptors (Lipinski definition) is 4. The number of nitrogens with two attached hydrogens (primary N) is 1. The van der Waals surface area contributed by atoms with Crippen molar-refractivity contribution in [2.45, 2.75) is 36.8 Å². The lowest BCUT2D eigenvalue weighted by atomic mass is 9.80. The third-order valence-corrected chi connectivity index (χ3v) is 6.32. The van der Waals surface area contributed by atoms with Gasteiger partial charge in [0.05, 0.1) is 5.56 Å². The highest BCUT2D eigenvalue weighted by molar-refractivity contribution is 7.91. The first-order valence-corrected chi connectivity index (χ1v) is 9.20. The molecule has 1 aliphatic rings. The predicted octanol–water partition coefficient (Wildman–Crippen LogP) is 1.95. The molecule has 112 valence electrons. The van der Waals surface area contributed by atoms with E-state index >= 15 is 0 Å². The summed E-state index contributed by atoms with van der Waals surface area (Å²) in [5.41, 5.74) is 0.363. The molecular formula is C13H20N2O3S2. The molecule has 5 nitrogen and oxygen atoms in total. The van der Waals surface area contributed by atoms with Crippen LogP contribution in [0.15, 0.2) is 15.7 Å². The van der Waals surface area contributed by atoms with Crippen molar-refractivity contribution in [3.63, 3.8) is 0 Å².